The molecule has 0 atom stereocenters. The third-order valence-electron chi connectivity index (χ3n) is 3.96. The Kier molecular flexibility index (Phi) is 5.20. The number of carbonyl (C=O) groups excluding carboxylic acids is 2. The highest BCUT2D eigenvalue weighted by Gasteiger charge is 2.40. The maximum absolute atomic E-state index is 12.9. The van der Waals surface area contributed by atoms with E-state index in [-0.39, 0.29) is 29.1 Å². The molecule has 0 radical (unpaired) electrons. The molecular formula is C18H9N5O3S3. The van der Waals surface area contributed by atoms with E-state index in [0.717, 1.165) is 17.3 Å². The molecule has 0 spiro atoms. The number of fused-ring (bicyclic) bond motifs is 1. The summed E-state index contributed by atoms with van der Waals surface area (Å²) in [4.78, 5) is 35.1. The molecule has 0 bridgehead atoms. The average molecular weight is 440 g/mol. The summed E-state index contributed by atoms with van der Waals surface area (Å²) in [5.74, 6) is 0.301. The van der Waals surface area contributed by atoms with Crippen molar-refractivity contribution in [2.24, 2.45) is 0 Å². The van der Waals surface area contributed by atoms with Gasteiger partial charge in [0.25, 0.3) is 11.1 Å². The van der Waals surface area contributed by atoms with Gasteiger partial charge in [0.05, 0.1) is 17.9 Å². The van der Waals surface area contributed by atoms with Gasteiger partial charge in [-0.3, -0.25) is 14.5 Å². The molecule has 0 N–H and O–H groups in total. The first kappa shape index (κ1) is 19.3. The van der Waals surface area contributed by atoms with E-state index in [9.17, 15) is 9.59 Å². The van der Waals surface area contributed by atoms with Crippen molar-refractivity contribution in [3.8, 4) is 17.9 Å². The van der Waals surface area contributed by atoms with Gasteiger partial charge in [0, 0.05) is 0 Å². The zero-order valence-electron chi connectivity index (χ0n) is 14.7. The second-order valence-corrected chi connectivity index (χ2v) is 8.90. The lowest BCUT2D eigenvalue weighted by atomic mass is 10.2. The van der Waals surface area contributed by atoms with Crippen LogP contribution in [0.15, 0.2) is 43.5 Å². The van der Waals surface area contributed by atoms with Gasteiger partial charge in [-0.25, -0.2) is 9.97 Å². The van der Waals surface area contributed by atoms with Crippen molar-refractivity contribution in [1.82, 2.24) is 14.9 Å². The summed E-state index contributed by atoms with van der Waals surface area (Å²) in [7, 11) is 1.56. The quantitative estimate of drug-likeness (QED) is 0.657. The first-order chi connectivity index (χ1) is 14.0. The highest BCUT2D eigenvalue weighted by molar-refractivity contribution is 8.27. The van der Waals surface area contributed by atoms with E-state index in [2.05, 4.69) is 9.97 Å². The van der Waals surface area contributed by atoms with Crippen molar-refractivity contribution in [2.75, 3.05) is 7.11 Å². The third kappa shape index (κ3) is 3.56. The van der Waals surface area contributed by atoms with Crippen molar-refractivity contribution in [1.29, 1.82) is 10.5 Å². The normalized spacial score (nSPS) is 15.3. The van der Waals surface area contributed by atoms with Crippen LogP contribution in [0.25, 0.3) is 0 Å². The Morgan fingerprint density at radius 3 is 2.10 bits per heavy atom. The van der Waals surface area contributed by atoms with Gasteiger partial charge in [0.1, 0.15) is 32.8 Å². The van der Waals surface area contributed by atoms with E-state index in [0.29, 0.717) is 24.9 Å². The standard InChI is InChI=1S/C18H9N5O3S3/c1-26-10-4-2-9(3-5-10)8-23-16(24)13(27-18(23)25)17-28-14-15(29-17)22-12(7-20)11(6-19)21-14/h2-5H,8H2,1H3. The molecule has 0 saturated carbocycles. The number of thioether (sulfide) groups is 3. The molecule has 1 saturated heterocycles. The highest BCUT2D eigenvalue weighted by Crippen LogP contribution is 2.54. The minimum absolute atomic E-state index is 0.0618. The molecule has 142 valence electrons. The van der Waals surface area contributed by atoms with Gasteiger partial charge >= 0.3 is 0 Å². The van der Waals surface area contributed by atoms with Crippen LogP contribution in [-0.4, -0.2) is 33.1 Å². The van der Waals surface area contributed by atoms with Gasteiger partial charge in [0.2, 0.25) is 0 Å². The summed E-state index contributed by atoms with van der Waals surface area (Å²) in [6.07, 6.45) is 0. The number of hydrogen-bond acceptors (Lipinski definition) is 10. The van der Waals surface area contributed by atoms with Crippen LogP contribution in [0, 0.1) is 22.7 Å². The minimum atomic E-state index is -0.389. The lowest BCUT2D eigenvalue weighted by Crippen LogP contribution is -2.27. The molecule has 2 aliphatic rings. The molecule has 0 aliphatic carbocycles. The van der Waals surface area contributed by atoms with Crippen LogP contribution >= 0.6 is 35.3 Å². The Morgan fingerprint density at radius 1 is 1.00 bits per heavy atom. The number of amides is 2. The second kappa shape index (κ2) is 7.79. The van der Waals surface area contributed by atoms with Crippen molar-refractivity contribution < 1.29 is 14.3 Å². The number of hydrogen-bond donors (Lipinski definition) is 0. The highest BCUT2D eigenvalue weighted by atomic mass is 32.2. The number of carbonyl (C=O) groups is 2. The van der Waals surface area contributed by atoms with Crippen LogP contribution < -0.4 is 4.74 Å². The van der Waals surface area contributed by atoms with Crippen LogP contribution in [0.5, 0.6) is 5.75 Å². The van der Waals surface area contributed by atoms with Crippen LogP contribution in [0.4, 0.5) is 4.79 Å². The molecule has 2 amide bonds. The van der Waals surface area contributed by atoms with Crippen LogP contribution in [-0.2, 0) is 11.3 Å². The molecule has 11 heteroatoms. The monoisotopic (exact) mass is 439 g/mol. The minimum Gasteiger partial charge on any atom is -0.497 e. The fourth-order valence-corrected chi connectivity index (χ4v) is 5.91. The summed E-state index contributed by atoms with van der Waals surface area (Å²) in [5.41, 5.74) is 0.677. The third-order valence-corrected chi connectivity index (χ3v) is 7.56. The van der Waals surface area contributed by atoms with E-state index < -0.39 is 0 Å². The zero-order chi connectivity index (χ0) is 20.5. The van der Waals surface area contributed by atoms with Gasteiger partial charge < -0.3 is 4.74 Å². The average Bonchev–Trinajstić information content (AvgIpc) is 3.28. The van der Waals surface area contributed by atoms with Gasteiger partial charge in [0.15, 0.2) is 11.4 Å². The molecule has 0 unspecified atom stereocenters. The summed E-state index contributed by atoms with van der Waals surface area (Å²) < 4.78 is 5.68. The molecule has 2 aromatic rings. The maximum Gasteiger partial charge on any atom is 0.293 e. The second-order valence-electron chi connectivity index (χ2n) is 5.68. The van der Waals surface area contributed by atoms with Gasteiger partial charge in [-0.05, 0) is 29.5 Å². The van der Waals surface area contributed by atoms with E-state index >= 15 is 0 Å². The molecule has 4 rings (SSSR count). The van der Waals surface area contributed by atoms with Crippen molar-refractivity contribution in [3.05, 3.63) is 50.4 Å². The Hall–Kier alpha value is -2.99. The number of aromatic nitrogens is 2. The Labute approximate surface area is 177 Å². The zero-order valence-corrected chi connectivity index (χ0v) is 17.2. The first-order valence-electron chi connectivity index (χ1n) is 8.03. The van der Waals surface area contributed by atoms with E-state index in [1.54, 1.807) is 31.4 Å². The number of benzene rings is 1. The largest absolute Gasteiger partial charge is 0.497 e. The summed E-state index contributed by atoms with van der Waals surface area (Å²) >= 11 is 3.21. The molecule has 3 heterocycles. The van der Waals surface area contributed by atoms with Gasteiger partial charge in [-0.1, -0.05) is 35.7 Å². The van der Waals surface area contributed by atoms with Crippen molar-refractivity contribution >= 4 is 46.4 Å². The number of nitriles is 2. The Bertz CT molecular complexity index is 1120. The molecule has 1 aromatic carbocycles. The Morgan fingerprint density at radius 2 is 1.59 bits per heavy atom. The number of methoxy groups -OCH3 is 1. The van der Waals surface area contributed by atoms with Gasteiger partial charge in [-0.2, -0.15) is 10.5 Å². The lowest BCUT2D eigenvalue weighted by molar-refractivity contribution is -0.123. The number of imide groups is 1. The fourth-order valence-electron chi connectivity index (χ4n) is 2.55. The van der Waals surface area contributed by atoms with E-state index in [1.165, 1.54) is 28.4 Å². The van der Waals surface area contributed by atoms with Crippen molar-refractivity contribution in [3.63, 3.8) is 0 Å². The smallest absolute Gasteiger partial charge is 0.293 e. The maximum atomic E-state index is 12.9. The SMILES string of the molecule is COc1ccc(CN2C(=O)SC(=C3Sc4nc(C#N)c(C#N)nc4S3)C2=O)cc1. The molecule has 2 aliphatic heterocycles. The number of ether oxygens (including phenoxy) is 1. The van der Waals surface area contributed by atoms with E-state index in [4.69, 9.17) is 15.3 Å². The summed E-state index contributed by atoms with van der Waals surface area (Å²) in [6, 6.07) is 10.8. The molecule has 1 fully saturated rings. The summed E-state index contributed by atoms with van der Waals surface area (Å²) in [6.45, 7) is 0.154. The molecule has 29 heavy (non-hydrogen) atoms. The number of rotatable bonds is 3. The Balaban J connectivity index is 1.59. The first-order valence-corrected chi connectivity index (χ1v) is 10.5. The van der Waals surface area contributed by atoms with Crippen LogP contribution in [0.2, 0.25) is 0 Å². The summed E-state index contributed by atoms with van der Waals surface area (Å²) in [5, 5.41) is 18.7. The van der Waals surface area contributed by atoms with E-state index in [1.807, 2.05) is 12.1 Å². The topological polar surface area (TPSA) is 120 Å². The van der Waals surface area contributed by atoms with Crippen molar-refractivity contribution in [2.45, 2.75) is 16.6 Å². The lowest BCUT2D eigenvalue weighted by Gasteiger charge is -2.12. The van der Waals surface area contributed by atoms with Crippen LogP contribution in [0.3, 0.4) is 0 Å². The van der Waals surface area contributed by atoms with Crippen LogP contribution in [0.1, 0.15) is 17.0 Å². The van der Waals surface area contributed by atoms with Gasteiger partial charge in [-0.15, -0.1) is 0 Å². The fraction of sp³-hybridized carbons (Fsp3) is 0.111. The number of nitrogens with zero attached hydrogens (tertiary/aromatic N) is 5. The predicted molar refractivity (Wildman–Crippen MR) is 107 cm³/mol. The predicted octanol–water partition coefficient (Wildman–Crippen LogP) is 3.49. The molecule has 1 aromatic heterocycles. The molecule has 8 nitrogen and oxygen atoms in total. The molecular weight excluding hydrogens is 430 g/mol.